The number of benzene rings is 1. The molecule has 0 amide bonds. The van der Waals surface area contributed by atoms with E-state index in [2.05, 4.69) is 61.2 Å². The van der Waals surface area contributed by atoms with Gasteiger partial charge in [0, 0.05) is 28.0 Å². The Hall–Kier alpha value is -3.45. The Bertz CT molecular complexity index is 1360. The Morgan fingerprint density at radius 1 is 1.09 bits per heavy atom. The molecule has 7 heteroatoms. The van der Waals surface area contributed by atoms with E-state index in [-0.39, 0.29) is 0 Å². The molecule has 0 saturated carbocycles. The minimum absolute atomic E-state index is 0.588. The van der Waals surface area contributed by atoms with Crippen molar-refractivity contribution in [2.45, 2.75) is 38.6 Å². The number of rotatable bonds is 5. The molecule has 0 spiro atoms. The molecular formula is C25H26N6O. The van der Waals surface area contributed by atoms with Crippen LogP contribution in [-0.4, -0.2) is 43.1 Å². The predicted octanol–water partition coefficient (Wildman–Crippen LogP) is 5.04. The lowest BCUT2D eigenvalue weighted by molar-refractivity contribution is 0.187. The van der Waals surface area contributed by atoms with E-state index in [1.165, 1.54) is 27.7 Å². The third-order valence-corrected chi connectivity index (χ3v) is 6.81. The van der Waals surface area contributed by atoms with Crippen molar-refractivity contribution in [1.82, 2.24) is 30.0 Å². The number of aromatic amines is 2. The average Bonchev–Trinajstić information content (AvgIpc) is 3.58. The highest BCUT2D eigenvalue weighted by atomic mass is 16.3. The molecule has 162 valence electrons. The van der Waals surface area contributed by atoms with E-state index < -0.39 is 0 Å². The molecule has 5 heterocycles. The van der Waals surface area contributed by atoms with E-state index in [1.807, 2.05) is 12.4 Å². The minimum atomic E-state index is 0.588. The van der Waals surface area contributed by atoms with Crippen molar-refractivity contribution < 1.29 is 4.42 Å². The maximum Gasteiger partial charge on any atom is 0.208 e. The van der Waals surface area contributed by atoms with Gasteiger partial charge in [0.2, 0.25) is 5.89 Å². The molecule has 0 bridgehead atoms. The number of hydrogen-bond acceptors (Lipinski definition) is 5. The van der Waals surface area contributed by atoms with Crippen LogP contribution in [0.15, 0.2) is 53.5 Å². The smallest absolute Gasteiger partial charge is 0.208 e. The molecular weight excluding hydrogens is 400 g/mol. The molecule has 6 rings (SSSR count). The molecule has 0 unspecified atom stereocenters. The summed E-state index contributed by atoms with van der Waals surface area (Å²) in [5.74, 6) is 1.39. The average molecular weight is 427 g/mol. The molecule has 0 aliphatic carbocycles. The zero-order chi connectivity index (χ0) is 21.5. The van der Waals surface area contributed by atoms with Crippen LogP contribution in [0.2, 0.25) is 0 Å². The summed E-state index contributed by atoms with van der Waals surface area (Å²) in [6.07, 6.45) is 10.4. The maximum atomic E-state index is 5.42. The van der Waals surface area contributed by atoms with Crippen LogP contribution in [0.25, 0.3) is 33.2 Å². The van der Waals surface area contributed by atoms with E-state index in [0.717, 1.165) is 61.4 Å². The standard InChI is InChI=1S/C25H26N6O/c1-2-18-20-13-17(16-6-10-31(11-7-16)15-23-26-9-12-32-23)3-4-22(20)29-24(18)19-5-8-27-25-21(19)14-28-30-25/h3-5,8-9,12-14,16,29H,2,6-7,10-11,15H2,1H3,(H,27,28,30). The van der Waals surface area contributed by atoms with Gasteiger partial charge in [0.1, 0.15) is 6.26 Å². The van der Waals surface area contributed by atoms with E-state index in [4.69, 9.17) is 4.42 Å². The lowest BCUT2D eigenvalue weighted by Gasteiger charge is -2.31. The molecule has 0 radical (unpaired) electrons. The van der Waals surface area contributed by atoms with Gasteiger partial charge in [-0.1, -0.05) is 13.0 Å². The summed E-state index contributed by atoms with van der Waals surface area (Å²) in [6, 6.07) is 9.04. The number of aryl methyl sites for hydroxylation is 1. The summed E-state index contributed by atoms with van der Waals surface area (Å²) < 4.78 is 5.42. The number of likely N-dealkylation sites (tertiary alicyclic amines) is 1. The van der Waals surface area contributed by atoms with Crippen molar-refractivity contribution >= 4 is 21.9 Å². The number of fused-ring (bicyclic) bond motifs is 2. The van der Waals surface area contributed by atoms with Gasteiger partial charge in [0.25, 0.3) is 0 Å². The van der Waals surface area contributed by atoms with Crippen molar-refractivity contribution in [3.05, 3.63) is 66.1 Å². The summed E-state index contributed by atoms with van der Waals surface area (Å²) >= 11 is 0. The zero-order valence-electron chi connectivity index (χ0n) is 18.1. The van der Waals surface area contributed by atoms with Crippen LogP contribution in [0.3, 0.4) is 0 Å². The first-order chi connectivity index (χ1) is 15.8. The highest BCUT2D eigenvalue weighted by Crippen LogP contribution is 2.37. The van der Waals surface area contributed by atoms with Crippen molar-refractivity contribution in [3.8, 4) is 11.3 Å². The van der Waals surface area contributed by atoms with Crippen molar-refractivity contribution in [3.63, 3.8) is 0 Å². The fourth-order valence-corrected chi connectivity index (χ4v) is 5.13. The Kier molecular flexibility index (Phi) is 4.76. The van der Waals surface area contributed by atoms with Gasteiger partial charge in [-0.15, -0.1) is 0 Å². The third kappa shape index (κ3) is 3.29. The van der Waals surface area contributed by atoms with Crippen LogP contribution in [-0.2, 0) is 13.0 Å². The lowest BCUT2D eigenvalue weighted by atomic mass is 9.88. The minimum Gasteiger partial charge on any atom is -0.448 e. The van der Waals surface area contributed by atoms with E-state index in [0.29, 0.717) is 5.92 Å². The van der Waals surface area contributed by atoms with Gasteiger partial charge in [-0.05, 0) is 67.6 Å². The van der Waals surface area contributed by atoms with Crippen LogP contribution in [0.1, 0.15) is 42.7 Å². The Morgan fingerprint density at radius 2 is 2.00 bits per heavy atom. The summed E-state index contributed by atoms with van der Waals surface area (Å²) in [5, 5.41) is 9.55. The molecule has 5 aromatic rings. The molecule has 1 aromatic carbocycles. The Morgan fingerprint density at radius 3 is 2.81 bits per heavy atom. The second kappa shape index (κ2) is 7.91. The fraction of sp³-hybridized carbons (Fsp3) is 0.320. The molecule has 7 nitrogen and oxygen atoms in total. The number of nitrogens with zero attached hydrogens (tertiary/aromatic N) is 4. The first kappa shape index (κ1) is 19.3. The summed E-state index contributed by atoms with van der Waals surface area (Å²) in [5.41, 5.74) is 7.14. The normalized spacial score (nSPS) is 15.8. The number of H-pyrrole nitrogens is 2. The second-order valence-electron chi connectivity index (χ2n) is 8.60. The zero-order valence-corrected chi connectivity index (χ0v) is 18.1. The lowest BCUT2D eigenvalue weighted by Crippen LogP contribution is -2.32. The number of pyridine rings is 1. The van der Waals surface area contributed by atoms with Crippen LogP contribution >= 0.6 is 0 Å². The molecule has 1 saturated heterocycles. The van der Waals surface area contributed by atoms with Crippen molar-refractivity contribution in [2.24, 2.45) is 0 Å². The Balaban J connectivity index is 1.29. The van der Waals surface area contributed by atoms with Crippen LogP contribution in [0.4, 0.5) is 0 Å². The third-order valence-electron chi connectivity index (χ3n) is 6.81. The van der Waals surface area contributed by atoms with E-state index in [9.17, 15) is 0 Å². The topological polar surface area (TPSA) is 86.6 Å². The summed E-state index contributed by atoms with van der Waals surface area (Å²) in [7, 11) is 0. The first-order valence-corrected chi connectivity index (χ1v) is 11.3. The van der Waals surface area contributed by atoms with Crippen LogP contribution in [0, 0.1) is 0 Å². The largest absolute Gasteiger partial charge is 0.448 e. The van der Waals surface area contributed by atoms with Crippen LogP contribution in [0.5, 0.6) is 0 Å². The van der Waals surface area contributed by atoms with Crippen molar-refractivity contribution in [2.75, 3.05) is 13.1 Å². The van der Waals surface area contributed by atoms with Crippen molar-refractivity contribution in [1.29, 1.82) is 0 Å². The second-order valence-corrected chi connectivity index (χ2v) is 8.60. The SMILES string of the molecule is CCc1c(-c2ccnc3[nH]ncc23)[nH]c2ccc(C3CCN(Cc4ncco4)CC3)cc12. The van der Waals surface area contributed by atoms with Gasteiger partial charge in [0.05, 0.1) is 24.6 Å². The van der Waals surface area contributed by atoms with Gasteiger partial charge in [0.15, 0.2) is 5.65 Å². The predicted molar refractivity (Wildman–Crippen MR) is 124 cm³/mol. The molecule has 0 atom stereocenters. The number of nitrogens with one attached hydrogen (secondary N) is 2. The number of piperidine rings is 1. The van der Waals surface area contributed by atoms with Gasteiger partial charge in [-0.25, -0.2) is 9.97 Å². The molecule has 4 aromatic heterocycles. The first-order valence-electron chi connectivity index (χ1n) is 11.3. The highest BCUT2D eigenvalue weighted by molar-refractivity contribution is 5.98. The molecule has 1 fully saturated rings. The van der Waals surface area contributed by atoms with Gasteiger partial charge < -0.3 is 9.40 Å². The Labute approximate surface area is 185 Å². The van der Waals surface area contributed by atoms with Gasteiger partial charge >= 0.3 is 0 Å². The van der Waals surface area contributed by atoms with Gasteiger partial charge in [-0.2, -0.15) is 5.10 Å². The summed E-state index contributed by atoms with van der Waals surface area (Å²) in [6.45, 7) is 5.17. The van der Waals surface area contributed by atoms with Gasteiger partial charge in [-0.3, -0.25) is 10.00 Å². The fourth-order valence-electron chi connectivity index (χ4n) is 5.13. The molecule has 1 aliphatic heterocycles. The number of oxazole rings is 1. The summed E-state index contributed by atoms with van der Waals surface area (Å²) in [4.78, 5) is 14.8. The molecule has 2 N–H and O–H groups in total. The van der Waals surface area contributed by atoms with E-state index >= 15 is 0 Å². The highest BCUT2D eigenvalue weighted by Gasteiger charge is 2.23. The molecule has 1 aliphatic rings. The quantitative estimate of drug-likeness (QED) is 0.411. The monoisotopic (exact) mass is 426 g/mol. The number of aromatic nitrogens is 5. The maximum absolute atomic E-state index is 5.42. The molecule has 32 heavy (non-hydrogen) atoms. The van der Waals surface area contributed by atoms with Crippen LogP contribution < -0.4 is 0 Å². The number of hydrogen-bond donors (Lipinski definition) is 2. The van der Waals surface area contributed by atoms with E-state index in [1.54, 1.807) is 12.5 Å².